The maximum atomic E-state index is 12.3. The van der Waals surface area contributed by atoms with Gasteiger partial charge in [0.15, 0.2) is 0 Å². The number of carbonyl (C=O) groups excluding carboxylic acids is 1. The molecule has 3 aromatic carbocycles. The van der Waals surface area contributed by atoms with Crippen LogP contribution in [-0.4, -0.2) is 26.1 Å². The Hall–Kier alpha value is -2.97. The molecule has 0 radical (unpaired) electrons. The molecule has 0 fully saturated rings. The third-order valence-electron chi connectivity index (χ3n) is 4.10. The highest BCUT2D eigenvalue weighted by Gasteiger charge is 2.06. The number of aromatic nitrogens is 4. The van der Waals surface area contributed by atoms with E-state index in [0.29, 0.717) is 6.42 Å². The van der Waals surface area contributed by atoms with Crippen molar-refractivity contribution < 1.29 is 4.79 Å². The molecular weight excluding hydrogens is 450 g/mol. The number of anilines is 1. The first kappa shape index (κ1) is 19.4. The van der Waals surface area contributed by atoms with E-state index in [-0.39, 0.29) is 5.91 Å². The van der Waals surface area contributed by atoms with Gasteiger partial charge in [0.05, 0.1) is 12.1 Å². The topological polar surface area (TPSA) is 72.7 Å². The minimum absolute atomic E-state index is 0.0616. The fourth-order valence-corrected chi connectivity index (χ4v) is 3.76. The van der Waals surface area contributed by atoms with E-state index in [1.165, 1.54) is 6.33 Å². The Morgan fingerprint density at radius 3 is 2.21 bits per heavy atom. The monoisotopic (exact) mass is 465 g/mol. The van der Waals surface area contributed by atoms with Crippen molar-refractivity contribution in [3.63, 3.8) is 0 Å². The second kappa shape index (κ2) is 9.02. The summed E-state index contributed by atoms with van der Waals surface area (Å²) in [5, 5.41) is 14.0. The molecule has 144 valence electrons. The van der Waals surface area contributed by atoms with Crippen LogP contribution in [0.15, 0.2) is 93.4 Å². The Kier molecular flexibility index (Phi) is 6.02. The molecule has 0 aliphatic heterocycles. The number of hydrogen-bond donors (Lipinski definition) is 1. The second-order valence-corrected chi connectivity index (χ2v) is 8.29. The molecule has 0 saturated carbocycles. The third kappa shape index (κ3) is 5.30. The number of halogens is 1. The number of carbonyl (C=O) groups is 1. The highest BCUT2D eigenvalue weighted by Crippen LogP contribution is 2.29. The maximum absolute atomic E-state index is 12.3. The lowest BCUT2D eigenvalue weighted by molar-refractivity contribution is -0.115. The van der Waals surface area contributed by atoms with Crippen LogP contribution in [0, 0.1) is 0 Å². The predicted octanol–water partition coefficient (Wildman–Crippen LogP) is 4.76. The smallest absolute Gasteiger partial charge is 0.228 e. The van der Waals surface area contributed by atoms with Gasteiger partial charge < -0.3 is 5.32 Å². The molecule has 4 rings (SSSR count). The van der Waals surface area contributed by atoms with E-state index in [1.54, 1.807) is 16.4 Å². The van der Waals surface area contributed by atoms with Gasteiger partial charge in [0.1, 0.15) is 6.33 Å². The van der Waals surface area contributed by atoms with Crippen LogP contribution in [0.25, 0.3) is 5.69 Å². The number of nitrogens with one attached hydrogen (secondary N) is 1. The van der Waals surface area contributed by atoms with E-state index in [9.17, 15) is 4.79 Å². The van der Waals surface area contributed by atoms with E-state index >= 15 is 0 Å². The lowest BCUT2D eigenvalue weighted by atomic mass is 10.1. The zero-order valence-electron chi connectivity index (χ0n) is 15.2. The van der Waals surface area contributed by atoms with E-state index in [4.69, 9.17) is 0 Å². The fraction of sp³-hybridized carbons (Fsp3) is 0.0476. The van der Waals surface area contributed by atoms with Gasteiger partial charge in [0, 0.05) is 20.0 Å². The van der Waals surface area contributed by atoms with Crippen LogP contribution < -0.4 is 5.32 Å². The SMILES string of the molecule is O=C(Cc1ccc(-n2cnnn2)cc1)Nc1ccc(Sc2ccc(Br)cc2)cc1. The summed E-state index contributed by atoms with van der Waals surface area (Å²) in [5.41, 5.74) is 2.54. The molecule has 0 atom stereocenters. The number of benzene rings is 3. The second-order valence-electron chi connectivity index (χ2n) is 6.23. The lowest BCUT2D eigenvalue weighted by Gasteiger charge is -2.07. The Morgan fingerprint density at radius 1 is 0.931 bits per heavy atom. The Balaban J connectivity index is 1.33. The zero-order valence-corrected chi connectivity index (χ0v) is 17.6. The molecule has 0 unspecified atom stereocenters. The van der Waals surface area contributed by atoms with Crippen LogP contribution in [0.3, 0.4) is 0 Å². The highest BCUT2D eigenvalue weighted by atomic mass is 79.9. The Labute approximate surface area is 180 Å². The van der Waals surface area contributed by atoms with Gasteiger partial charge in [0.25, 0.3) is 0 Å². The molecule has 0 bridgehead atoms. The first-order chi connectivity index (χ1) is 14.2. The summed E-state index contributed by atoms with van der Waals surface area (Å²) in [4.78, 5) is 14.6. The largest absolute Gasteiger partial charge is 0.326 e. The lowest BCUT2D eigenvalue weighted by Crippen LogP contribution is -2.14. The standard InChI is InChI=1S/C21H16BrN5OS/c22-16-3-9-19(10-4-16)29-20-11-5-17(6-12-20)24-21(28)13-15-1-7-18(8-2-15)27-14-23-25-26-27/h1-12,14H,13H2,(H,24,28). The van der Waals surface area contributed by atoms with Gasteiger partial charge in [-0.1, -0.05) is 39.8 Å². The molecule has 1 aromatic heterocycles. The molecule has 0 saturated heterocycles. The maximum Gasteiger partial charge on any atom is 0.228 e. The molecule has 29 heavy (non-hydrogen) atoms. The Bertz CT molecular complexity index is 1080. The normalized spacial score (nSPS) is 10.7. The number of rotatable bonds is 6. The number of nitrogens with zero attached hydrogens (tertiary/aromatic N) is 4. The van der Waals surface area contributed by atoms with Crippen LogP contribution in [0.1, 0.15) is 5.56 Å². The summed E-state index contributed by atoms with van der Waals surface area (Å²) in [6.45, 7) is 0. The number of hydrogen-bond acceptors (Lipinski definition) is 5. The fourth-order valence-electron chi connectivity index (χ4n) is 2.68. The van der Waals surface area contributed by atoms with Crippen LogP contribution in [0.5, 0.6) is 0 Å². The average molecular weight is 466 g/mol. The van der Waals surface area contributed by atoms with E-state index in [1.807, 2.05) is 60.7 Å². The molecule has 0 aliphatic rings. The molecule has 4 aromatic rings. The van der Waals surface area contributed by atoms with Gasteiger partial charge in [-0.05, 0) is 76.7 Å². The van der Waals surface area contributed by atoms with Crippen molar-refractivity contribution in [3.8, 4) is 5.69 Å². The molecule has 8 heteroatoms. The van der Waals surface area contributed by atoms with Crippen molar-refractivity contribution in [3.05, 3.63) is 89.2 Å². The van der Waals surface area contributed by atoms with Gasteiger partial charge in [-0.3, -0.25) is 4.79 Å². The van der Waals surface area contributed by atoms with Crippen LogP contribution in [-0.2, 0) is 11.2 Å². The van der Waals surface area contributed by atoms with Crippen molar-refractivity contribution >= 4 is 39.3 Å². The van der Waals surface area contributed by atoms with Gasteiger partial charge in [-0.15, -0.1) is 5.10 Å². The molecule has 0 aliphatic carbocycles. The van der Waals surface area contributed by atoms with Crippen LogP contribution >= 0.6 is 27.7 Å². The van der Waals surface area contributed by atoms with E-state index in [2.05, 4.69) is 48.9 Å². The molecule has 1 amide bonds. The summed E-state index contributed by atoms with van der Waals surface area (Å²) in [5.74, 6) is -0.0616. The third-order valence-corrected chi connectivity index (χ3v) is 5.65. The molecular formula is C21H16BrN5OS. The molecule has 1 heterocycles. The first-order valence-electron chi connectivity index (χ1n) is 8.81. The number of amides is 1. The van der Waals surface area contributed by atoms with Gasteiger partial charge in [0.2, 0.25) is 5.91 Å². The first-order valence-corrected chi connectivity index (χ1v) is 10.4. The Morgan fingerprint density at radius 2 is 1.59 bits per heavy atom. The van der Waals surface area contributed by atoms with E-state index in [0.717, 1.165) is 31.2 Å². The summed E-state index contributed by atoms with van der Waals surface area (Å²) in [7, 11) is 0. The molecule has 0 spiro atoms. The van der Waals surface area contributed by atoms with Gasteiger partial charge in [-0.2, -0.15) is 0 Å². The number of tetrazole rings is 1. The van der Waals surface area contributed by atoms with Crippen molar-refractivity contribution in [2.24, 2.45) is 0 Å². The predicted molar refractivity (Wildman–Crippen MR) is 116 cm³/mol. The molecule has 1 N–H and O–H groups in total. The van der Waals surface area contributed by atoms with E-state index < -0.39 is 0 Å². The quantitative estimate of drug-likeness (QED) is 0.444. The van der Waals surface area contributed by atoms with Crippen molar-refractivity contribution in [2.45, 2.75) is 16.2 Å². The minimum Gasteiger partial charge on any atom is -0.326 e. The summed E-state index contributed by atoms with van der Waals surface area (Å²) in [6, 6.07) is 23.6. The highest BCUT2D eigenvalue weighted by molar-refractivity contribution is 9.10. The zero-order chi connectivity index (χ0) is 20.1. The summed E-state index contributed by atoms with van der Waals surface area (Å²) >= 11 is 5.12. The molecule has 6 nitrogen and oxygen atoms in total. The van der Waals surface area contributed by atoms with Crippen LogP contribution in [0.2, 0.25) is 0 Å². The van der Waals surface area contributed by atoms with Gasteiger partial charge >= 0.3 is 0 Å². The van der Waals surface area contributed by atoms with Gasteiger partial charge in [-0.25, -0.2) is 4.68 Å². The van der Waals surface area contributed by atoms with Crippen molar-refractivity contribution in [1.82, 2.24) is 20.2 Å². The average Bonchev–Trinajstić information content (AvgIpc) is 3.27. The van der Waals surface area contributed by atoms with Crippen molar-refractivity contribution in [1.29, 1.82) is 0 Å². The van der Waals surface area contributed by atoms with Crippen molar-refractivity contribution in [2.75, 3.05) is 5.32 Å². The summed E-state index contributed by atoms with van der Waals surface area (Å²) in [6.07, 6.45) is 1.83. The van der Waals surface area contributed by atoms with Crippen LogP contribution in [0.4, 0.5) is 5.69 Å². The minimum atomic E-state index is -0.0616. The summed E-state index contributed by atoms with van der Waals surface area (Å²) < 4.78 is 2.63.